The van der Waals surface area contributed by atoms with E-state index in [1.807, 2.05) is 6.07 Å². The van der Waals surface area contributed by atoms with Gasteiger partial charge in [-0.3, -0.25) is 0 Å². The van der Waals surface area contributed by atoms with Crippen LogP contribution in [-0.4, -0.2) is 29.7 Å². The van der Waals surface area contributed by atoms with Gasteiger partial charge in [-0.05, 0) is 42.0 Å². The number of morpholine rings is 1. The number of hydrogen-bond donors (Lipinski definition) is 2. The second-order valence-electron chi connectivity index (χ2n) is 5.43. The number of rotatable bonds is 2. The van der Waals surface area contributed by atoms with E-state index in [-0.39, 0.29) is 11.9 Å². The normalized spacial score (nSPS) is 18.7. The Hall–Kier alpha value is -2.24. The van der Waals surface area contributed by atoms with E-state index in [1.54, 1.807) is 12.1 Å². The molecule has 112 valence electrons. The lowest BCUT2D eigenvalue weighted by molar-refractivity contribution is 0.0278. The van der Waals surface area contributed by atoms with Crippen molar-refractivity contribution in [1.29, 1.82) is 0 Å². The van der Waals surface area contributed by atoms with Gasteiger partial charge < -0.3 is 15.0 Å². The van der Waals surface area contributed by atoms with Crippen molar-refractivity contribution in [2.24, 2.45) is 0 Å². The molecule has 1 aliphatic heterocycles. The smallest absolute Gasteiger partial charge is 0.138 e. The van der Waals surface area contributed by atoms with E-state index in [1.165, 1.54) is 12.1 Å². The Morgan fingerprint density at radius 1 is 1.14 bits per heavy atom. The number of hydrogen-bond acceptors (Lipinski definition) is 3. The van der Waals surface area contributed by atoms with Crippen molar-refractivity contribution in [2.45, 2.75) is 6.10 Å². The molecule has 1 atom stereocenters. The average molecular weight is 297 g/mol. The van der Waals surface area contributed by atoms with E-state index in [0.29, 0.717) is 0 Å². The van der Waals surface area contributed by atoms with Gasteiger partial charge in [0, 0.05) is 18.7 Å². The maximum atomic E-state index is 13.0. The zero-order valence-electron chi connectivity index (χ0n) is 12.0. The molecule has 5 heteroatoms. The summed E-state index contributed by atoms with van der Waals surface area (Å²) in [4.78, 5) is 7.87. The lowest BCUT2D eigenvalue weighted by Gasteiger charge is -2.23. The Labute approximate surface area is 127 Å². The molecule has 2 N–H and O–H groups in total. The summed E-state index contributed by atoms with van der Waals surface area (Å²) in [7, 11) is 0. The number of halogens is 1. The molecule has 0 radical (unpaired) electrons. The number of benzene rings is 2. The Morgan fingerprint density at radius 3 is 2.77 bits per heavy atom. The third-order valence-corrected chi connectivity index (χ3v) is 3.92. The SMILES string of the molecule is Fc1ccc(-c2nc3ccc([C@H]4CNCCO4)cc3[nH]2)cc1. The molecule has 2 aromatic carbocycles. The molecule has 0 spiro atoms. The first-order valence-corrected chi connectivity index (χ1v) is 7.37. The third-order valence-electron chi connectivity index (χ3n) is 3.92. The minimum Gasteiger partial charge on any atom is -0.371 e. The number of imidazole rings is 1. The zero-order chi connectivity index (χ0) is 14.9. The molecule has 1 aliphatic rings. The highest BCUT2D eigenvalue weighted by Gasteiger charge is 2.16. The number of nitrogens with one attached hydrogen (secondary N) is 2. The van der Waals surface area contributed by atoms with Crippen LogP contribution in [0.2, 0.25) is 0 Å². The largest absolute Gasteiger partial charge is 0.371 e. The Morgan fingerprint density at radius 2 is 2.00 bits per heavy atom. The highest BCUT2D eigenvalue weighted by Crippen LogP contribution is 2.25. The molecule has 1 saturated heterocycles. The van der Waals surface area contributed by atoms with Gasteiger partial charge in [0.1, 0.15) is 11.6 Å². The van der Waals surface area contributed by atoms with Crippen LogP contribution in [0.15, 0.2) is 42.5 Å². The first kappa shape index (κ1) is 13.4. The molecule has 0 aliphatic carbocycles. The lowest BCUT2D eigenvalue weighted by atomic mass is 10.1. The van der Waals surface area contributed by atoms with Crippen molar-refractivity contribution < 1.29 is 9.13 Å². The summed E-state index contributed by atoms with van der Waals surface area (Å²) in [6.07, 6.45) is 0.0794. The van der Waals surface area contributed by atoms with Gasteiger partial charge in [-0.1, -0.05) is 6.07 Å². The fourth-order valence-corrected chi connectivity index (χ4v) is 2.75. The lowest BCUT2D eigenvalue weighted by Crippen LogP contribution is -2.33. The Kier molecular flexibility index (Phi) is 3.36. The summed E-state index contributed by atoms with van der Waals surface area (Å²) in [5, 5.41) is 3.33. The number of aromatic nitrogens is 2. The van der Waals surface area contributed by atoms with E-state index >= 15 is 0 Å². The number of aromatic amines is 1. The molecule has 1 fully saturated rings. The van der Waals surface area contributed by atoms with Gasteiger partial charge in [0.25, 0.3) is 0 Å². The van der Waals surface area contributed by atoms with Gasteiger partial charge in [-0.2, -0.15) is 0 Å². The summed E-state index contributed by atoms with van der Waals surface area (Å²) < 4.78 is 18.8. The van der Waals surface area contributed by atoms with Crippen LogP contribution in [0.1, 0.15) is 11.7 Å². The molecule has 4 rings (SSSR count). The molecule has 4 nitrogen and oxygen atoms in total. The molecule has 22 heavy (non-hydrogen) atoms. The summed E-state index contributed by atoms with van der Waals surface area (Å²) >= 11 is 0. The molecule has 1 aromatic heterocycles. The molecule has 0 saturated carbocycles. The summed E-state index contributed by atoms with van der Waals surface area (Å²) in [5.74, 6) is 0.499. The molecular weight excluding hydrogens is 281 g/mol. The monoisotopic (exact) mass is 297 g/mol. The van der Waals surface area contributed by atoms with Gasteiger partial charge in [-0.25, -0.2) is 9.37 Å². The van der Waals surface area contributed by atoms with Crippen LogP contribution in [0.25, 0.3) is 22.4 Å². The van der Waals surface area contributed by atoms with Crippen LogP contribution in [0.3, 0.4) is 0 Å². The quantitative estimate of drug-likeness (QED) is 0.764. The first-order chi connectivity index (χ1) is 10.8. The van der Waals surface area contributed by atoms with Crippen LogP contribution in [-0.2, 0) is 4.74 Å². The predicted octanol–water partition coefficient (Wildman–Crippen LogP) is 3.03. The number of H-pyrrole nitrogens is 1. The molecule has 2 heterocycles. The average Bonchev–Trinajstić information content (AvgIpc) is 2.99. The fourth-order valence-electron chi connectivity index (χ4n) is 2.75. The Balaban J connectivity index is 1.69. The maximum Gasteiger partial charge on any atom is 0.138 e. The number of nitrogens with zero attached hydrogens (tertiary/aromatic N) is 1. The van der Waals surface area contributed by atoms with Crippen molar-refractivity contribution in [3.63, 3.8) is 0 Å². The molecule has 0 unspecified atom stereocenters. The second kappa shape index (κ2) is 5.51. The van der Waals surface area contributed by atoms with E-state index < -0.39 is 0 Å². The second-order valence-corrected chi connectivity index (χ2v) is 5.43. The van der Waals surface area contributed by atoms with Crippen molar-refractivity contribution in [3.05, 3.63) is 53.8 Å². The van der Waals surface area contributed by atoms with E-state index in [9.17, 15) is 4.39 Å². The van der Waals surface area contributed by atoms with Crippen molar-refractivity contribution in [1.82, 2.24) is 15.3 Å². The Bertz CT molecular complexity index is 791. The highest BCUT2D eigenvalue weighted by molar-refractivity contribution is 5.80. The minimum absolute atomic E-state index is 0.0794. The van der Waals surface area contributed by atoms with Gasteiger partial charge in [0.15, 0.2) is 0 Å². The van der Waals surface area contributed by atoms with Crippen LogP contribution >= 0.6 is 0 Å². The fraction of sp³-hybridized carbons (Fsp3) is 0.235. The number of ether oxygens (including phenoxy) is 1. The van der Waals surface area contributed by atoms with Crippen molar-refractivity contribution >= 4 is 11.0 Å². The van der Waals surface area contributed by atoms with Crippen LogP contribution < -0.4 is 5.32 Å². The summed E-state index contributed by atoms with van der Waals surface area (Å²) in [6.45, 7) is 2.45. The van der Waals surface area contributed by atoms with E-state index in [2.05, 4.69) is 27.4 Å². The molecule has 3 aromatic rings. The maximum absolute atomic E-state index is 13.0. The highest BCUT2D eigenvalue weighted by atomic mass is 19.1. The van der Waals surface area contributed by atoms with Crippen LogP contribution in [0.5, 0.6) is 0 Å². The van der Waals surface area contributed by atoms with Crippen molar-refractivity contribution in [2.75, 3.05) is 19.7 Å². The first-order valence-electron chi connectivity index (χ1n) is 7.37. The summed E-state index contributed by atoms with van der Waals surface area (Å²) in [5.41, 5.74) is 3.86. The number of fused-ring (bicyclic) bond motifs is 1. The van der Waals surface area contributed by atoms with E-state index in [0.717, 1.165) is 47.7 Å². The van der Waals surface area contributed by atoms with Gasteiger partial charge >= 0.3 is 0 Å². The van der Waals surface area contributed by atoms with Crippen molar-refractivity contribution in [3.8, 4) is 11.4 Å². The third kappa shape index (κ3) is 2.49. The van der Waals surface area contributed by atoms with Gasteiger partial charge in [-0.15, -0.1) is 0 Å². The topological polar surface area (TPSA) is 49.9 Å². The summed E-state index contributed by atoms with van der Waals surface area (Å²) in [6, 6.07) is 12.4. The molecular formula is C17H16FN3O. The zero-order valence-corrected chi connectivity index (χ0v) is 12.0. The standard InChI is InChI=1S/C17H16FN3O/c18-13-4-1-11(2-5-13)17-20-14-6-3-12(9-15(14)21-17)16-10-19-7-8-22-16/h1-6,9,16,19H,7-8,10H2,(H,20,21)/t16-/m1/s1. The van der Waals surface area contributed by atoms with Crippen LogP contribution in [0, 0.1) is 5.82 Å². The van der Waals surface area contributed by atoms with E-state index in [4.69, 9.17) is 4.74 Å². The molecule has 0 amide bonds. The van der Waals surface area contributed by atoms with Gasteiger partial charge in [0.2, 0.25) is 0 Å². The van der Waals surface area contributed by atoms with Crippen LogP contribution in [0.4, 0.5) is 4.39 Å². The minimum atomic E-state index is -0.246. The predicted molar refractivity (Wildman–Crippen MR) is 83.1 cm³/mol. The van der Waals surface area contributed by atoms with Gasteiger partial charge in [0.05, 0.1) is 23.7 Å². The molecule has 0 bridgehead atoms.